The van der Waals surface area contributed by atoms with Crippen LogP contribution in [-0.2, 0) is 11.3 Å². The van der Waals surface area contributed by atoms with Crippen molar-refractivity contribution in [2.75, 3.05) is 13.7 Å². The third-order valence-corrected chi connectivity index (χ3v) is 5.96. The Labute approximate surface area is 206 Å². The maximum atomic E-state index is 13.1. The van der Waals surface area contributed by atoms with E-state index >= 15 is 0 Å². The Balaban J connectivity index is 1.66. The molecule has 4 aromatic rings. The Morgan fingerprint density at radius 3 is 2.71 bits per heavy atom. The maximum Gasteiger partial charge on any atom is 0.338 e. The number of halogens is 1. The average Bonchev–Trinajstić information content (AvgIpc) is 2.86. The molecule has 0 N–H and O–H groups in total. The number of ether oxygens (including phenoxy) is 2. The monoisotopic (exact) mass is 488 g/mol. The van der Waals surface area contributed by atoms with Crippen LogP contribution in [0.25, 0.3) is 22.0 Å². The zero-order valence-corrected chi connectivity index (χ0v) is 20.1. The van der Waals surface area contributed by atoms with Gasteiger partial charge in [0.05, 0.1) is 41.9 Å². The second-order valence-corrected chi connectivity index (χ2v) is 8.20. The predicted octanol–water partition coefficient (Wildman–Crippen LogP) is 4.47. The summed E-state index contributed by atoms with van der Waals surface area (Å²) < 4.78 is 12.4. The number of rotatable bonds is 6. The quantitative estimate of drug-likeness (QED) is 0.368. The van der Waals surface area contributed by atoms with E-state index in [1.54, 1.807) is 37.3 Å². The molecule has 4 rings (SSSR count). The number of carbonyl (C=O) groups excluding carboxylic acids is 1. The van der Waals surface area contributed by atoms with Crippen molar-refractivity contribution < 1.29 is 14.3 Å². The van der Waals surface area contributed by atoms with Gasteiger partial charge in [0.25, 0.3) is 5.56 Å². The number of benzene rings is 2. The molecule has 0 bridgehead atoms. The standard InChI is InChI=1S/C26H21ClN4O4/c1-15-19(5-4-6-20(15)26(33)34-3)21-11-18(27)7-8-23(21)35-10-9-31-16(2)30-22-14-29-13-17(12-28)24(22)25(31)32/h4-8,11,13-14H,9-10H2,1-3H3. The number of esters is 1. The van der Waals surface area contributed by atoms with Crippen LogP contribution in [0, 0.1) is 25.2 Å². The molecule has 9 heteroatoms. The number of carbonyl (C=O) groups is 1. The first-order valence-corrected chi connectivity index (χ1v) is 11.1. The van der Waals surface area contributed by atoms with Crippen molar-refractivity contribution in [2.45, 2.75) is 20.4 Å². The zero-order valence-electron chi connectivity index (χ0n) is 19.3. The van der Waals surface area contributed by atoms with Gasteiger partial charge in [-0.1, -0.05) is 23.7 Å². The number of nitriles is 1. The molecule has 0 amide bonds. The molecule has 8 nitrogen and oxygen atoms in total. The zero-order chi connectivity index (χ0) is 25.1. The molecule has 0 aliphatic carbocycles. The summed E-state index contributed by atoms with van der Waals surface area (Å²) in [5.74, 6) is 0.598. The van der Waals surface area contributed by atoms with E-state index in [2.05, 4.69) is 9.97 Å². The van der Waals surface area contributed by atoms with Gasteiger partial charge in [0.15, 0.2) is 0 Å². The van der Waals surface area contributed by atoms with Gasteiger partial charge < -0.3 is 9.47 Å². The van der Waals surface area contributed by atoms with Crippen LogP contribution in [0.1, 0.15) is 27.3 Å². The molecule has 0 atom stereocenters. The first-order chi connectivity index (χ1) is 16.8. The number of pyridine rings is 1. The van der Waals surface area contributed by atoms with Crippen LogP contribution in [0.15, 0.2) is 53.6 Å². The van der Waals surface area contributed by atoms with E-state index < -0.39 is 5.97 Å². The summed E-state index contributed by atoms with van der Waals surface area (Å²) in [5.41, 5.74) is 2.89. The molecular weight excluding hydrogens is 468 g/mol. The molecule has 35 heavy (non-hydrogen) atoms. The fourth-order valence-electron chi connectivity index (χ4n) is 3.97. The van der Waals surface area contributed by atoms with Crippen molar-refractivity contribution in [3.63, 3.8) is 0 Å². The second-order valence-electron chi connectivity index (χ2n) is 7.77. The van der Waals surface area contributed by atoms with Crippen LogP contribution in [0.5, 0.6) is 5.75 Å². The Hall–Kier alpha value is -4.22. The summed E-state index contributed by atoms with van der Waals surface area (Å²) in [5, 5.41) is 10.1. The van der Waals surface area contributed by atoms with Crippen LogP contribution in [-0.4, -0.2) is 34.2 Å². The third kappa shape index (κ3) is 4.59. The number of hydrogen-bond acceptors (Lipinski definition) is 7. The normalized spacial score (nSPS) is 10.7. The molecule has 0 saturated heterocycles. The second kappa shape index (κ2) is 9.95. The smallest absolute Gasteiger partial charge is 0.338 e. The van der Waals surface area contributed by atoms with E-state index in [4.69, 9.17) is 21.1 Å². The van der Waals surface area contributed by atoms with Gasteiger partial charge in [-0.2, -0.15) is 5.26 Å². The highest BCUT2D eigenvalue weighted by molar-refractivity contribution is 6.31. The molecule has 0 fully saturated rings. The number of methoxy groups -OCH3 is 1. The minimum absolute atomic E-state index is 0.158. The summed E-state index contributed by atoms with van der Waals surface area (Å²) in [6, 6.07) is 12.6. The largest absolute Gasteiger partial charge is 0.491 e. The van der Waals surface area contributed by atoms with Gasteiger partial charge in [-0.15, -0.1) is 0 Å². The Kier molecular flexibility index (Phi) is 6.80. The van der Waals surface area contributed by atoms with Crippen molar-refractivity contribution in [1.82, 2.24) is 14.5 Å². The molecule has 0 unspecified atom stereocenters. The fourth-order valence-corrected chi connectivity index (χ4v) is 4.14. The van der Waals surface area contributed by atoms with Gasteiger partial charge >= 0.3 is 5.97 Å². The lowest BCUT2D eigenvalue weighted by atomic mass is 9.96. The highest BCUT2D eigenvalue weighted by Gasteiger charge is 2.17. The molecule has 0 saturated carbocycles. The molecule has 0 spiro atoms. The Morgan fingerprint density at radius 2 is 1.97 bits per heavy atom. The molecular formula is C26H21ClN4O4. The summed E-state index contributed by atoms with van der Waals surface area (Å²) in [6.07, 6.45) is 2.82. The highest BCUT2D eigenvalue weighted by Crippen LogP contribution is 2.35. The van der Waals surface area contributed by atoms with Gasteiger partial charge in [0.1, 0.15) is 24.3 Å². The van der Waals surface area contributed by atoms with Crippen molar-refractivity contribution in [1.29, 1.82) is 5.26 Å². The van der Waals surface area contributed by atoms with Crippen LogP contribution >= 0.6 is 11.6 Å². The first kappa shape index (κ1) is 23.9. The summed E-state index contributed by atoms with van der Waals surface area (Å²) >= 11 is 6.27. The minimum atomic E-state index is -0.431. The number of aryl methyl sites for hydroxylation is 1. The van der Waals surface area contributed by atoms with Crippen molar-refractivity contribution in [3.05, 3.63) is 86.7 Å². The van der Waals surface area contributed by atoms with E-state index in [9.17, 15) is 14.9 Å². The topological polar surface area (TPSA) is 107 Å². The van der Waals surface area contributed by atoms with Crippen LogP contribution in [0.3, 0.4) is 0 Å². The minimum Gasteiger partial charge on any atom is -0.491 e. The number of aromatic nitrogens is 3. The highest BCUT2D eigenvalue weighted by atomic mass is 35.5. The van der Waals surface area contributed by atoms with Gasteiger partial charge in [-0.3, -0.25) is 14.3 Å². The maximum absolute atomic E-state index is 13.1. The SMILES string of the molecule is COC(=O)c1cccc(-c2cc(Cl)ccc2OCCn2c(C)nc3cncc(C#N)c3c2=O)c1C. The van der Waals surface area contributed by atoms with Crippen LogP contribution in [0.4, 0.5) is 0 Å². The van der Waals surface area contributed by atoms with Crippen LogP contribution < -0.4 is 10.3 Å². The molecule has 2 aromatic carbocycles. The number of hydrogen-bond donors (Lipinski definition) is 0. The van der Waals surface area contributed by atoms with E-state index in [0.717, 1.165) is 11.1 Å². The van der Waals surface area contributed by atoms with E-state index in [1.165, 1.54) is 24.1 Å². The molecule has 0 radical (unpaired) electrons. The van der Waals surface area contributed by atoms with E-state index in [0.29, 0.717) is 33.2 Å². The lowest BCUT2D eigenvalue weighted by Gasteiger charge is -2.16. The summed E-state index contributed by atoms with van der Waals surface area (Å²) in [7, 11) is 1.34. The fraction of sp³-hybridized carbons (Fsp3) is 0.192. The average molecular weight is 489 g/mol. The third-order valence-electron chi connectivity index (χ3n) is 5.72. The van der Waals surface area contributed by atoms with Crippen molar-refractivity contribution in [2.24, 2.45) is 0 Å². The lowest BCUT2D eigenvalue weighted by molar-refractivity contribution is 0.0600. The Morgan fingerprint density at radius 1 is 1.17 bits per heavy atom. The van der Waals surface area contributed by atoms with Gasteiger partial charge in [0.2, 0.25) is 0 Å². The van der Waals surface area contributed by atoms with E-state index in [1.807, 2.05) is 19.1 Å². The number of fused-ring (bicyclic) bond motifs is 1. The van der Waals surface area contributed by atoms with Crippen molar-refractivity contribution in [3.8, 4) is 22.9 Å². The molecule has 2 aromatic heterocycles. The summed E-state index contributed by atoms with van der Waals surface area (Å²) in [6.45, 7) is 3.92. The van der Waals surface area contributed by atoms with Gasteiger partial charge in [-0.05, 0) is 49.2 Å². The van der Waals surface area contributed by atoms with E-state index in [-0.39, 0.29) is 29.7 Å². The van der Waals surface area contributed by atoms with Crippen LogP contribution in [0.2, 0.25) is 5.02 Å². The molecule has 0 aliphatic rings. The van der Waals surface area contributed by atoms with Gasteiger partial charge in [0, 0.05) is 16.8 Å². The number of nitrogens with zero attached hydrogens (tertiary/aromatic N) is 4. The molecule has 0 aliphatic heterocycles. The summed E-state index contributed by atoms with van der Waals surface area (Å²) in [4.78, 5) is 33.7. The van der Waals surface area contributed by atoms with Crippen molar-refractivity contribution >= 4 is 28.5 Å². The first-order valence-electron chi connectivity index (χ1n) is 10.7. The lowest BCUT2D eigenvalue weighted by Crippen LogP contribution is -2.27. The molecule has 2 heterocycles. The predicted molar refractivity (Wildman–Crippen MR) is 132 cm³/mol. The van der Waals surface area contributed by atoms with Gasteiger partial charge in [-0.25, -0.2) is 9.78 Å². The Bertz CT molecular complexity index is 1560. The molecule has 176 valence electrons.